The second-order valence-electron chi connectivity index (χ2n) is 3.85. The summed E-state index contributed by atoms with van der Waals surface area (Å²) in [4.78, 5) is 4.44. The highest BCUT2D eigenvalue weighted by Gasteiger charge is 2.01. The van der Waals surface area contributed by atoms with E-state index in [0.717, 1.165) is 28.5 Å². The molecule has 2 aromatic heterocycles. The molecule has 0 amide bonds. The molecule has 3 aromatic rings. The molecule has 0 aliphatic rings. The summed E-state index contributed by atoms with van der Waals surface area (Å²) >= 11 is 1.72. The summed E-state index contributed by atoms with van der Waals surface area (Å²) in [6.07, 6.45) is 1.76. The zero-order valence-corrected chi connectivity index (χ0v) is 10.2. The van der Waals surface area contributed by atoms with E-state index in [2.05, 4.69) is 32.6 Å². The average molecular weight is 244 g/mol. The summed E-state index contributed by atoms with van der Waals surface area (Å²) in [7, 11) is 0. The van der Waals surface area contributed by atoms with Crippen molar-refractivity contribution in [2.45, 2.75) is 13.5 Å². The molecule has 17 heavy (non-hydrogen) atoms. The highest BCUT2D eigenvalue weighted by atomic mass is 32.1. The fraction of sp³-hybridized carbons (Fsp3) is 0.167. The van der Waals surface area contributed by atoms with E-state index in [1.54, 1.807) is 17.5 Å². The van der Waals surface area contributed by atoms with Gasteiger partial charge in [0.05, 0.1) is 27.5 Å². The van der Waals surface area contributed by atoms with Crippen LogP contribution in [0.1, 0.15) is 10.7 Å². The first-order valence-corrected chi connectivity index (χ1v) is 6.22. The Hall–Kier alpha value is -1.88. The topological polar surface area (TPSA) is 53.6 Å². The molecule has 0 radical (unpaired) electrons. The molecule has 86 valence electrons. The largest absolute Gasteiger partial charge is 0.379 e. The van der Waals surface area contributed by atoms with Crippen LogP contribution in [-0.4, -0.2) is 15.2 Å². The third kappa shape index (κ3) is 2.14. The van der Waals surface area contributed by atoms with Gasteiger partial charge in [0.15, 0.2) is 0 Å². The van der Waals surface area contributed by atoms with Gasteiger partial charge in [-0.1, -0.05) is 0 Å². The van der Waals surface area contributed by atoms with Gasteiger partial charge in [-0.25, -0.2) is 4.98 Å². The van der Waals surface area contributed by atoms with Crippen molar-refractivity contribution in [3.8, 4) is 0 Å². The number of benzene rings is 1. The number of rotatable bonds is 3. The van der Waals surface area contributed by atoms with Gasteiger partial charge < -0.3 is 5.32 Å². The Bertz CT molecular complexity index is 627. The van der Waals surface area contributed by atoms with Crippen LogP contribution < -0.4 is 5.32 Å². The summed E-state index contributed by atoms with van der Waals surface area (Å²) < 4.78 is 1.22. The van der Waals surface area contributed by atoms with Crippen molar-refractivity contribution in [2.24, 2.45) is 0 Å². The molecule has 0 bridgehead atoms. The Balaban J connectivity index is 1.81. The van der Waals surface area contributed by atoms with Crippen molar-refractivity contribution in [2.75, 3.05) is 5.32 Å². The number of aromatic nitrogens is 3. The maximum Gasteiger partial charge on any atom is 0.0907 e. The van der Waals surface area contributed by atoms with Gasteiger partial charge in [-0.3, -0.25) is 5.10 Å². The highest BCUT2D eigenvalue weighted by molar-refractivity contribution is 7.18. The molecular formula is C12H12N4S. The molecule has 0 fully saturated rings. The lowest BCUT2D eigenvalue weighted by Crippen LogP contribution is -1.99. The van der Waals surface area contributed by atoms with Gasteiger partial charge in [0.2, 0.25) is 0 Å². The standard InChI is InChI=1S/C12H12N4S/c1-8-15-11-3-2-9(6-12(11)17-8)13-7-10-4-5-14-16-10/h2-6,13H,7H2,1H3,(H,14,16). The van der Waals surface area contributed by atoms with E-state index in [0.29, 0.717) is 0 Å². The molecule has 1 aromatic carbocycles. The average Bonchev–Trinajstić information content (AvgIpc) is 2.92. The first-order valence-electron chi connectivity index (χ1n) is 5.40. The van der Waals surface area contributed by atoms with Crippen molar-refractivity contribution in [1.82, 2.24) is 15.2 Å². The number of hydrogen-bond acceptors (Lipinski definition) is 4. The van der Waals surface area contributed by atoms with E-state index < -0.39 is 0 Å². The van der Waals surface area contributed by atoms with E-state index in [-0.39, 0.29) is 0 Å². The molecule has 5 heteroatoms. The zero-order chi connectivity index (χ0) is 11.7. The molecule has 0 atom stereocenters. The van der Waals surface area contributed by atoms with Gasteiger partial charge in [0, 0.05) is 11.9 Å². The van der Waals surface area contributed by atoms with Crippen LogP contribution in [0.2, 0.25) is 0 Å². The Labute approximate surface area is 103 Å². The minimum Gasteiger partial charge on any atom is -0.379 e. The lowest BCUT2D eigenvalue weighted by atomic mass is 10.3. The molecule has 4 nitrogen and oxygen atoms in total. The molecule has 0 saturated heterocycles. The van der Waals surface area contributed by atoms with E-state index in [4.69, 9.17) is 0 Å². The number of fused-ring (bicyclic) bond motifs is 1. The molecule has 0 saturated carbocycles. The molecule has 0 unspecified atom stereocenters. The van der Waals surface area contributed by atoms with Crippen LogP contribution in [0.3, 0.4) is 0 Å². The Morgan fingerprint density at radius 2 is 2.29 bits per heavy atom. The maximum atomic E-state index is 4.44. The van der Waals surface area contributed by atoms with Gasteiger partial charge in [0.1, 0.15) is 0 Å². The second kappa shape index (κ2) is 4.18. The number of aryl methyl sites for hydroxylation is 1. The highest BCUT2D eigenvalue weighted by Crippen LogP contribution is 2.24. The summed E-state index contributed by atoms with van der Waals surface area (Å²) in [6.45, 7) is 2.78. The van der Waals surface area contributed by atoms with Crippen LogP contribution in [-0.2, 0) is 6.54 Å². The third-order valence-corrected chi connectivity index (χ3v) is 3.47. The first kappa shape index (κ1) is 10.3. The van der Waals surface area contributed by atoms with Crippen LogP contribution in [0.25, 0.3) is 10.2 Å². The summed E-state index contributed by atoms with van der Waals surface area (Å²) in [5, 5.41) is 11.3. The zero-order valence-electron chi connectivity index (χ0n) is 9.40. The number of anilines is 1. The number of nitrogens with one attached hydrogen (secondary N) is 2. The van der Waals surface area contributed by atoms with Gasteiger partial charge in [-0.15, -0.1) is 11.3 Å². The van der Waals surface area contributed by atoms with E-state index in [9.17, 15) is 0 Å². The minimum atomic E-state index is 0.753. The molecule has 3 rings (SSSR count). The lowest BCUT2D eigenvalue weighted by molar-refractivity contribution is 0.982. The quantitative estimate of drug-likeness (QED) is 0.744. The molecular weight excluding hydrogens is 232 g/mol. The van der Waals surface area contributed by atoms with Gasteiger partial charge >= 0.3 is 0 Å². The molecule has 0 aliphatic heterocycles. The van der Waals surface area contributed by atoms with Crippen LogP contribution >= 0.6 is 11.3 Å². The van der Waals surface area contributed by atoms with Crippen LogP contribution in [0.15, 0.2) is 30.5 Å². The Kier molecular flexibility index (Phi) is 2.53. The van der Waals surface area contributed by atoms with Crippen molar-refractivity contribution in [3.63, 3.8) is 0 Å². The monoisotopic (exact) mass is 244 g/mol. The molecule has 2 heterocycles. The van der Waals surface area contributed by atoms with E-state index in [1.807, 2.05) is 19.1 Å². The molecule has 0 aliphatic carbocycles. The normalized spacial score (nSPS) is 10.9. The van der Waals surface area contributed by atoms with Gasteiger partial charge in [-0.2, -0.15) is 5.10 Å². The summed E-state index contributed by atoms with van der Waals surface area (Å²) in [6, 6.07) is 8.20. The van der Waals surface area contributed by atoms with Gasteiger partial charge in [0.25, 0.3) is 0 Å². The van der Waals surface area contributed by atoms with Crippen molar-refractivity contribution in [3.05, 3.63) is 41.2 Å². The smallest absolute Gasteiger partial charge is 0.0907 e. The number of hydrogen-bond donors (Lipinski definition) is 2. The van der Waals surface area contributed by atoms with Crippen LogP contribution in [0.5, 0.6) is 0 Å². The maximum absolute atomic E-state index is 4.44. The second-order valence-corrected chi connectivity index (χ2v) is 5.09. The molecule has 2 N–H and O–H groups in total. The lowest BCUT2D eigenvalue weighted by Gasteiger charge is -2.04. The van der Waals surface area contributed by atoms with E-state index in [1.165, 1.54) is 4.70 Å². The molecule has 0 spiro atoms. The summed E-state index contributed by atoms with van der Waals surface area (Å²) in [5.41, 5.74) is 3.25. The predicted octanol–water partition coefficient (Wildman–Crippen LogP) is 2.94. The Morgan fingerprint density at radius 3 is 3.12 bits per heavy atom. The van der Waals surface area contributed by atoms with E-state index >= 15 is 0 Å². The third-order valence-electron chi connectivity index (χ3n) is 2.54. The fourth-order valence-corrected chi connectivity index (χ4v) is 2.60. The van der Waals surface area contributed by atoms with Crippen molar-refractivity contribution >= 4 is 27.2 Å². The van der Waals surface area contributed by atoms with Crippen LogP contribution in [0, 0.1) is 6.92 Å². The van der Waals surface area contributed by atoms with Crippen LogP contribution in [0.4, 0.5) is 5.69 Å². The number of thiazole rings is 1. The number of nitrogens with zero attached hydrogens (tertiary/aromatic N) is 2. The minimum absolute atomic E-state index is 0.753. The predicted molar refractivity (Wildman–Crippen MR) is 70.3 cm³/mol. The SMILES string of the molecule is Cc1nc2ccc(NCc3ccn[nH]3)cc2s1. The van der Waals surface area contributed by atoms with Crippen molar-refractivity contribution < 1.29 is 0 Å². The van der Waals surface area contributed by atoms with Crippen molar-refractivity contribution in [1.29, 1.82) is 0 Å². The summed E-state index contributed by atoms with van der Waals surface area (Å²) in [5.74, 6) is 0. The Morgan fingerprint density at radius 1 is 1.35 bits per heavy atom. The number of H-pyrrole nitrogens is 1. The fourth-order valence-electron chi connectivity index (χ4n) is 1.73. The van der Waals surface area contributed by atoms with Gasteiger partial charge in [-0.05, 0) is 31.2 Å². The first-order chi connectivity index (χ1) is 8.31. The number of aromatic amines is 1.